The van der Waals surface area contributed by atoms with Gasteiger partial charge in [-0.25, -0.2) is 0 Å². The highest BCUT2D eigenvalue weighted by Crippen LogP contribution is 2.26. The van der Waals surface area contributed by atoms with Crippen LogP contribution in [0.3, 0.4) is 0 Å². The lowest BCUT2D eigenvalue weighted by atomic mass is 10.1. The summed E-state index contributed by atoms with van der Waals surface area (Å²) in [5.74, 6) is 0. The molecule has 0 unspecified atom stereocenters. The standard InChI is InChI=1S/C17H27ClN2O/c1-4-21-16-7-9-20(10-8-16)15-6-5-14(17(18)11-15)12-19-13(2)3/h5-6,11,13,16,19H,4,7-10,12H2,1-3H3. The van der Waals surface area contributed by atoms with E-state index in [-0.39, 0.29) is 0 Å². The van der Waals surface area contributed by atoms with E-state index >= 15 is 0 Å². The van der Waals surface area contributed by atoms with Crippen molar-refractivity contribution in [2.45, 2.75) is 52.3 Å². The first-order valence-electron chi connectivity index (χ1n) is 7.98. The lowest BCUT2D eigenvalue weighted by Crippen LogP contribution is -2.37. The molecule has 1 fully saturated rings. The number of nitrogens with one attached hydrogen (secondary N) is 1. The number of ether oxygens (including phenoxy) is 1. The first-order valence-corrected chi connectivity index (χ1v) is 8.36. The Bertz CT molecular complexity index is 442. The van der Waals surface area contributed by atoms with Crippen molar-refractivity contribution in [3.8, 4) is 0 Å². The Kier molecular flexibility index (Phi) is 6.34. The number of halogens is 1. The number of nitrogens with zero attached hydrogens (tertiary/aromatic N) is 1. The fourth-order valence-corrected chi connectivity index (χ4v) is 2.95. The van der Waals surface area contributed by atoms with Crippen molar-refractivity contribution in [2.75, 3.05) is 24.6 Å². The Morgan fingerprint density at radius 2 is 2.05 bits per heavy atom. The van der Waals surface area contributed by atoms with Gasteiger partial charge in [0.2, 0.25) is 0 Å². The Morgan fingerprint density at radius 1 is 1.33 bits per heavy atom. The maximum absolute atomic E-state index is 6.42. The van der Waals surface area contributed by atoms with E-state index in [1.165, 1.54) is 11.3 Å². The summed E-state index contributed by atoms with van der Waals surface area (Å²) in [6.45, 7) is 10.1. The number of benzene rings is 1. The van der Waals surface area contributed by atoms with Gasteiger partial charge >= 0.3 is 0 Å². The van der Waals surface area contributed by atoms with Crippen molar-refractivity contribution in [3.05, 3.63) is 28.8 Å². The van der Waals surface area contributed by atoms with Gasteiger partial charge in [-0.3, -0.25) is 0 Å². The van der Waals surface area contributed by atoms with Crippen molar-refractivity contribution < 1.29 is 4.74 Å². The van der Waals surface area contributed by atoms with Crippen LogP contribution < -0.4 is 10.2 Å². The molecule has 2 rings (SSSR count). The van der Waals surface area contributed by atoms with Crippen molar-refractivity contribution in [3.63, 3.8) is 0 Å². The molecule has 0 atom stereocenters. The van der Waals surface area contributed by atoms with Gasteiger partial charge in [0.25, 0.3) is 0 Å². The van der Waals surface area contributed by atoms with Gasteiger partial charge in [-0.15, -0.1) is 0 Å². The molecule has 1 N–H and O–H groups in total. The zero-order valence-corrected chi connectivity index (χ0v) is 14.1. The summed E-state index contributed by atoms with van der Waals surface area (Å²) in [5, 5.41) is 4.26. The van der Waals surface area contributed by atoms with Crippen LogP contribution in [0, 0.1) is 0 Å². The molecule has 1 heterocycles. The van der Waals surface area contributed by atoms with Crippen LogP contribution in [0.4, 0.5) is 5.69 Å². The number of rotatable bonds is 6. The molecule has 4 heteroatoms. The van der Waals surface area contributed by atoms with E-state index in [1.807, 2.05) is 0 Å². The lowest BCUT2D eigenvalue weighted by Gasteiger charge is -2.33. The lowest BCUT2D eigenvalue weighted by molar-refractivity contribution is 0.0459. The zero-order chi connectivity index (χ0) is 15.2. The van der Waals surface area contributed by atoms with Gasteiger partial charge in [-0.1, -0.05) is 31.5 Å². The third-order valence-electron chi connectivity index (χ3n) is 3.95. The fourth-order valence-electron chi connectivity index (χ4n) is 2.71. The van der Waals surface area contributed by atoms with Gasteiger partial charge in [-0.2, -0.15) is 0 Å². The van der Waals surface area contributed by atoms with E-state index in [0.29, 0.717) is 12.1 Å². The Balaban J connectivity index is 1.94. The predicted molar refractivity (Wildman–Crippen MR) is 90.3 cm³/mol. The molecule has 1 aromatic carbocycles. The van der Waals surface area contributed by atoms with E-state index in [9.17, 15) is 0 Å². The molecule has 0 spiro atoms. The number of piperidine rings is 1. The number of anilines is 1. The van der Waals surface area contributed by atoms with Crippen LogP contribution in [0.5, 0.6) is 0 Å². The first kappa shape index (κ1) is 16.6. The highest BCUT2D eigenvalue weighted by Gasteiger charge is 2.19. The zero-order valence-electron chi connectivity index (χ0n) is 13.4. The molecule has 1 aliphatic rings. The molecule has 0 amide bonds. The quantitative estimate of drug-likeness (QED) is 0.864. The average Bonchev–Trinajstić information content (AvgIpc) is 2.47. The van der Waals surface area contributed by atoms with Crippen molar-refractivity contribution in [1.29, 1.82) is 0 Å². The molecule has 0 radical (unpaired) electrons. The average molecular weight is 311 g/mol. The molecule has 118 valence electrons. The largest absolute Gasteiger partial charge is 0.378 e. The van der Waals surface area contributed by atoms with E-state index in [0.717, 1.165) is 44.1 Å². The summed E-state index contributed by atoms with van der Waals surface area (Å²) in [6, 6.07) is 6.89. The van der Waals surface area contributed by atoms with E-state index in [1.54, 1.807) is 0 Å². The molecular formula is C17H27ClN2O. The van der Waals surface area contributed by atoms with Gasteiger partial charge in [0.05, 0.1) is 6.10 Å². The molecule has 0 bridgehead atoms. The van der Waals surface area contributed by atoms with Crippen LogP contribution >= 0.6 is 11.6 Å². The second kappa shape index (κ2) is 8.02. The first-order chi connectivity index (χ1) is 10.1. The van der Waals surface area contributed by atoms with Gasteiger partial charge in [-0.05, 0) is 37.5 Å². The minimum absolute atomic E-state index is 0.427. The smallest absolute Gasteiger partial charge is 0.0608 e. The van der Waals surface area contributed by atoms with Crippen LogP contribution in [-0.2, 0) is 11.3 Å². The topological polar surface area (TPSA) is 24.5 Å². The molecule has 3 nitrogen and oxygen atoms in total. The summed E-state index contributed by atoms with van der Waals surface area (Å²) in [4.78, 5) is 2.40. The highest BCUT2D eigenvalue weighted by atomic mass is 35.5. The molecule has 0 saturated carbocycles. The summed E-state index contributed by atoms with van der Waals surface area (Å²) in [5.41, 5.74) is 2.39. The maximum atomic E-state index is 6.42. The summed E-state index contributed by atoms with van der Waals surface area (Å²) in [6.07, 6.45) is 2.63. The van der Waals surface area contributed by atoms with Gasteiger partial charge in [0.15, 0.2) is 0 Å². The van der Waals surface area contributed by atoms with Crippen LogP contribution in [0.2, 0.25) is 5.02 Å². The summed E-state index contributed by atoms with van der Waals surface area (Å²) < 4.78 is 5.70. The molecule has 0 aliphatic carbocycles. The Hall–Kier alpha value is -0.770. The maximum Gasteiger partial charge on any atom is 0.0608 e. The summed E-state index contributed by atoms with van der Waals surface area (Å²) in [7, 11) is 0. The van der Waals surface area contributed by atoms with Gasteiger partial charge < -0.3 is 15.0 Å². The van der Waals surface area contributed by atoms with Gasteiger partial charge in [0, 0.05) is 43.0 Å². The predicted octanol–water partition coefficient (Wildman–Crippen LogP) is 3.84. The normalized spacial score (nSPS) is 16.7. The minimum atomic E-state index is 0.427. The molecule has 1 aromatic rings. The minimum Gasteiger partial charge on any atom is -0.378 e. The molecule has 0 aromatic heterocycles. The van der Waals surface area contributed by atoms with Crippen LogP contribution in [0.25, 0.3) is 0 Å². The van der Waals surface area contributed by atoms with Crippen molar-refractivity contribution in [1.82, 2.24) is 5.32 Å². The Morgan fingerprint density at radius 3 is 2.62 bits per heavy atom. The number of hydrogen-bond acceptors (Lipinski definition) is 3. The highest BCUT2D eigenvalue weighted by molar-refractivity contribution is 6.31. The SMILES string of the molecule is CCOC1CCN(c2ccc(CNC(C)C)c(Cl)c2)CC1. The third kappa shape index (κ3) is 4.87. The third-order valence-corrected chi connectivity index (χ3v) is 4.30. The fraction of sp³-hybridized carbons (Fsp3) is 0.647. The number of hydrogen-bond donors (Lipinski definition) is 1. The van der Waals surface area contributed by atoms with Crippen molar-refractivity contribution in [2.24, 2.45) is 0 Å². The molecule has 1 aliphatic heterocycles. The molecular weight excluding hydrogens is 284 g/mol. The molecule has 1 saturated heterocycles. The Labute approximate surface area is 133 Å². The second-order valence-electron chi connectivity index (χ2n) is 5.95. The van der Waals surface area contributed by atoms with E-state index in [4.69, 9.17) is 16.3 Å². The second-order valence-corrected chi connectivity index (χ2v) is 6.36. The van der Waals surface area contributed by atoms with E-state index in [2.05, 4.69) is 49.2 Å². The summed E-state index contributed by atoms with van der Waals surface area (Å²) >= 11 is 6.42. The van der Waals surface area contributed by atoms with E-state index < -0.39 is 0 Å². The van der Waals surface area contributed by atoms with Crippen LogP contribution in [-0.4, -0.2) is 31.8 Å². The van der Waals surface area contributed by atoms with Crippen LogP contribution in [0.15, 0.2) is 18.2 Å². The molecule has 21 heavy (non-hydrogen) atoms. The monoisotopic (exact) mass is 310 g/mol. The van der Waals surface area contributed by atoms with Crippen LogP contribution in [0.1, 0.15) is 39.2 Å². The van der Waals surface area contributed by atoms with Crippen molar-refractivity contribution >= 4 is 17.3 Å². The van der Waals surface area contributed by atoms with Gasteiger partial charge in [0.1, 0.15) is 0 Å².